The van der Waals surface area contributed by atoms with Gasteiger partial charge in [0, 0.05) is 48.0 Å². The molecule has 1 aliphatic rings. The van der Waals surface area contributed by atoms with Crippen molar-refractivity contribution in [2.45, 2.75) is 27.2 Å². The lowest BCUT2D eigenvalue weighted by Crippen LogP contribution is -2.50. The van der Waals surface area contributed by atoms with Gasteiger partial charge in [0.1, 0.15) is 11.6 Å². The lowest BCUT2D eigenvalue weighted by Gasteiger charge is -2.36. The molecule has 3 aromatic rings. The quantitative estimate of drug-likeness (QED) is 0.529. The highest BCUT2D eigenvalue weighted by molar-refractivity contribution is 6.30. The van der Waals surface area contributed by atoms with Crippen LogP contribution in [0.2, 0.25) is 5.02 Å². The maximum Gasteiger partial charge on any atom is 0.260 e. The molecule has 172 valence electrons. The van der Waals surface area contributed by atoms with E-state index in [4.69, 9.17) is 26.3 Å². The Labute approximate surface area is 200 Å². The molecule has 0 unspecified atom stereocenters. The van der Waals surface area contributed by atoms with E-state index in [1.807, 2.05) is 4.90 Å². The van der Waals surface area contributed by atoms with Crippen molar-refractivity contribution in [3.8, 4) is 17.1 Å². The third kappa shape index (κ3) is 5.45. The molecular formula is C26H29ClN4O2. The molecule has 6 nitrogen and oxygen atoms in total. The minimum absolute atomic E-state index is 0.0143. The molecule has 0 N–H and O–H groups in total. The molecule has 1 fully saturated rings. The number of halogens is 1. The summed E-state index contributed by atoms with van der Waals surface area (Å²) in [5, 5.41) is 0.641. The van der Waals surface area contributed by atoms with Crippen LogP contribution in [0.3, 0.4) is 0 Å². The second-order valence-electron chi connectivity index (χ2n) is 8.26. The van der Waals surface area contributed by atoms with E-state index in [1.165, 1.54) is 5.56 Å². The Bertz CT molecular complexity index is 1110. The molecule has 1 amide bonds. The van der Waals surface area contributed by atoms with Gasteiger partial charge in [0.15, 0.2) is 12.4 Å². The Morgan fingerprint density at radius 2 is 1.64 bits per heavy atom. The van der Waals surface area contributed by atoms with E-state index in [0.717, 1.165) is 48.0 Å². The molecule has 0 bridgehead atoms. The molecule has 2 heterocycles. The summed E-state index contributed by atoms with van der Waals surface area (Å²) in [5.74, 6) is 2.35. The summed E-state index contributed by atoms with van der Waals surface area (Å²) < 4.78 is 5.63. The van der Waals surface area contributed by atoms with Gasteiger partial charge < -0.3 is 14.5 Å². The molecule has 1 aromatic heterocycles. The van der Waals surface area contributed by atoms with Crippen LogP contribution < -0.4 is 9.64 Å². The summed E-state index contributed by atoms with van der Waals surface area (Å²) in [6.07, 6.45) is 0.865. The number of hydrogen-bond acceptors (Lipinski definition) is 5. The summed E-state index contributed by atoms with van der Waals surface area (Å²) in [5.41, 5.74) is 4.40. The predicted molar refractivity (Wildman–Crippen MR) is 132 cm³/mol. The summed E-state index contributed by atoms with van der Waals surface area (Å²) >= 11 is 5.90. The van der Waals surface area contributed by atoms with Crippen molar-refractivity contribution in [1.29, 1.82) is 0 Å². The number of anilines is 1. The zero-order valence-electron chi connectivity index (χ0n) is 19.3. The molecule has 4 rings (SSSR count). The van der Waals surface area contributed by atoms with Crippen LogP contribution in [0.15, 0.2) is 48.5 Å². The van der Waals surface area contributed by atoms with Gasteiger partial charge >= 0.3 is 0 Å². The van der Waals surface area contributed by atoms with E-state index in [-0.39, 0.29) is 12.5 Å². The number of ether oxygens (including phenoxy) is 1. The minimum atomic E-state index is -0.0143. The van der Waals surface area contributed by atoms with Crippen LogP contribution in [0.5, 0.6) is 5.75 Å². The number of amides is 1. The summed E-state index contributed by atoms with van der Waals surface area (Å²) in [6.45, 7) is 9.00. The molecule has 33 heavy (non-hydrogen) atoms. The van der Waals surface area contributed by atoms with Gasteiger partial charge in [-0.1, -0.05) is 48.4 Å². The number of benzene rings is 2. The average Bonchev–Trinajstić information content (AvgIpc) is 2.83. The summed E-state index contributed by atoms with van der Waals surface area (Å²) in [7, 11) is 0. The van der Waals surface area contributed by atoms with Crippen LogP contribution in [0.1, 0.15) is 23.7 Å². The second-order valence-corrected chi connectivity index (χ2v) is 8.70. The number of aromatic nitrogens is 2. The van der Waals surface area contributed by atoms with Gasteiger partial charge in [0.25, 0.3) is 5.91 Å². The van der Waals surface area contributed by atoms with Gasteiger partial charge in [-0.2, -0.15) is 0 Å². The van der Waals surface area contributed by atoms with Crippen molar-refractivity contribution in [2.24, 2.45) is 0 Å². The number of hydrogen-bond donors (Lipinski definition) is 0. The maximum atomic E-state index is 12.7. The van der Waals surface area contributed by atoms with Gasteiger partial charge in [-0.3, -0.25) is 4.79 Å². The number of piperazine rings is 1. The number of aryl methyl sites for hydroxylation is 2. The Hall–Kier alpha value is -3.12. The molecule has 2 aromatic carbocycles. The van der Waals surface area contributed by atoms with Crippen molar-refractivity contribution in [1.82, 2.24) is 14.9 Å². The lowest BCUT2D eigenvalue weighted by atomic mass is 10.1. The smallest absolute Gasteiger partial charge is 0.260 e. The standard InChI is InChI=1S/C26H29ClN4O2/c1-4-23-19(3)28-25(20-7-5-18(2)6-8-20)29-26(23)31-15-13-30(14-16-31)24(32)17-33-22-11-9-21(27)10-12-22/h5-12H,4,13-17H2,1-3H3. The van der Waals surface area contributed by atoms with Crippen molar-refractivity contribution in [2.75, 3.05) is 37.7 Å². The predicted octanol–water partition coefficient (Wildman–Crippen LogP) is 4.70. The third-order valence-electron chi connectivity index (χ3n) is 5.96. The first-order valence-electron chi connectivity index (χ1n) is 11.3. The number of carbonyl (C=O) groups excluding carboxylic acids is 1. The van der Waals surface area contributed by atoms with Crippen molar-refractivity contribution in [3.05, 3.63) is 70.4 Å². The number of rotatable bonds is 6. The fraction of sp³-hybridized carbons (Fsp3) is 0.346. The highest BCUT2D eigenvalue weighted by Crippen LogP contribution is 2.27. The van der Waals surface area contributed by atoms with E-state index in [2.05, 4.69) is 49.9 Å². The van der Waals surface area contributed by atoms with Crippen LogP contribution >= 0.6 is 11.6 Å². The summed E-state index contributed by atoms with van der Waals surface area (Å²) in [4.78, 5) is 26.5. The molecule has 1 saturated heterocycles. The molecule has 0 saturated carbocycles. The molecule has 0 aliphatic carbocycles. The highest BCUT2D eigenvalue weighted by Gasteiger charge is 2.25. The molecule has 0 spiro atoms. The van der Waals surface area contributed by atoms with Gasteiger partial charge in [-0.05, 0) is 44.5 Å². The van der Waals surface area contributed by atoms with Crippen LogP contribution in [0.25, 0.3) is 11.4 Å². The van der Waals surface area contributed by atoms with E-state index in [1.54, 1.807) is 24.3 Å². The first kappa shape index (κ1) is 23.1. The molecule has 1 aliphatic heterocycles. The first-order valence-corrected chi connectivity index (χ1v) is 11.7. The van der Waals surface area contributed by atoms with Crippen molar-refractivity contribution in [3.63, 3.8) is 0 Å². The largest absolute Gasteiger partial charge is 0.484 e. The fourth-order valence-corrected chi connectivity index (χ4v) is 4.15. The van der Waals surface area contributed by atoms with Crippen LogP contribution in [0, 0.1) is 13.8 Å². The molecular weight excluding hydrogens is 436 g/mol. The monoisotopic (exact) mass is 464 g/mol. The topological polar surface area (TPSA) is 58.6 Å². The van der Waals surface area contributed by atoms with Gasteiger partial charge in [-0.15, -0.1) is 0 Å². The van der Waals surface area contributed by atoms with Crippen LogP contribution in [-0.2, 0) is 11.2 Å². The van der Waals surface area contributed by atoms with E-state index >= 15 is 0 Å². The Balaban J connectivity index is 1.43. The Morgan fingerprint density at radius 1 is 0.970 bits per heavy atom. The lowest BCUT2D eigenvalue weighted by molar-refractivity contribution is -0.133. The zero-order valence-corrected chi connectivity index (χ0v) is 20.1. The second kappa shape index (κ2) is 10.2. The van der Waals surface area contributed by atoms with Crippen LogP contribution in [0.4, 0.5) is 5.82 Å². The van der Waals surface area contributed by atoms with Crippen LogP contribution in [-0.4, -0.2) is 53.6 Å². The van der Waals surface area contributed by atoms with Gasteiger partial charge in [-0.25, -0.2) is 9.97 Å². The van der Waals surface area contributed by atoms with Crippen molar-refractivity contribution >= 4 is 23.3 Å². The molecule has 0 atom stereocenters. The van der Waals surface area contributed by atoms with Gasteiger partial charge in [0.2, 0.25) is 0 Å². The third-order valence-corrected chi connectivity index (χ3v) is 6.22. The summed E-state index contributed by atoms with van der Waals surface area (Å²) in [6, 6.07) is 15.3. The Morgan fingerprint density at radius 3 is 2.27 bits per heavy atom. The first-order chi connectivity index (χ1) is 15.9. The number of carbonyl (C=O) groups is 1. The Kier molecular flexibility index (Phi) is 7.14. The minimum Gasteiger partial charge on any atom is -0.484 e. The maximum absolute atomic E-state index is 12.7. The normalized spacial score (nSPS) is 13.8. The van der Waals surface area contributed by atoms with Crippen molar-refractivity contribution < 1.29 is 9.53 Å². The number of nitrogens with zero attached hydrogens (tertiary/aromatic N) is 4. The van der Waals surface area contributed by atoms with E-state index < -0.39 is 0 Å². The highest BCUT2D eigenvalue weighted by atomic mass is 35.5. The molecule has 0 radical (unpaired) electrons. The average molecular weight is 465 g/mol. The molecule has 7 heteroatoms. The SMILES string of the molecule is CCc1c(C)nc(-c2ccc(C)cc2)nc1N1CCN(C(=O)COc2ccc(Cl)cc2)CC1. The fourth-order valence-electron chi connectivity index (χ4n) is 4.02. The van der Waals surface area contributed by atoms with Gasteiger partial charge in [0.05, 0.1) is 0 Å². The van der Waals surface area contributed by atoms with E-state index in [9.17, 15) is 4.79 Å². The van der Waals surface area contributed by atoms with E-state index in [0.29, 0.717) is 23.9 Å². The zero-order chi connectivity index (χ0) is 23.4.